The van der Waals surface area contributed by atoms with Crippen LogP contribution in [0.4, 0.5) is 14.5 Å². The normalized spacial score (nSPS) is 16.5. The Morgan fingerprint density at radius 2 is 1.89 bits per heavy atom. The number of hydrogen-bond donors (Lipinski definition) is 3. The van der Waals surface area contributed by atoms with Gasteiger partial charge in [-0.15, -0.1) is 0 Å². The molecule has 0 bridgehead atoms. The minimum atomic E-state index is -0.912. The van der Waals surface area contributed by atoms with Gasteiger partial charge >= 0.3 is 5.97 Å². The number of rotatable bonds is 10. The quantitative estimate of drug-likeness (QED) is 0.354. The molecule has 0 radical (unpaired) electrons. The van der Waals surface area contributed by atoms with Crippen LogP contribution in [0.3, 0.4) is 0 Å². The molecule has 37 heavy (non-hydrogen) atoms. The number of methoxy groups -OCH3 is 1. The van der Waals surface area contributed by atoms with Crippen LogP contribution in [0.25, 0.3) is 10.9 Å². The second-order valence-corrected chi connectivity index (χ2v) is 9.80. The number of carboxylic acids is 1. The molecule has 1 aromatic heterocycles. The van der Waals surface area contributed by atoms with E-state index in [9.17, 15) is 23.8 Å². The lowest BCUT2D eigenvalue weighted by Gasteiger charge is -2.39. The van der Waals surface area contributed by atoms with Crippen molar-refractivity contribution in [3.63, 3.8) is 0 Å². The maximum atomic E-state index is 13.4. The van der Waals surface area contributed by atoms with Crippen molar-refractivity contribution < 1.29 is 28.5 Å². The number of anilines is 1. The molecule has 3 aromatic rings. The maximum absolute atomic E-state index is 13.4. The van der Waals surface area contributed by atoms with E-state index in [1.165, 1.54) is 12.1 Å². The highest BCUT2D eigenvalue weighted by molar-refractivity contribution is 5.85. The lowest BCUT2D eigenvalue weighted by atomic mass is 9.74. The Kier molecular flexibility index (Phi) is 8.24. The maximum Gasteiger partial charge on any atom is 0.309 e. The molecule has 1 atom stereocenters. The number of aromatic nitrogens is 1. The van der Waals surface area contributed by atoms with E-state index in [1.807, 2.05) is 25.1 Å². The molecule has 1 saturated heterocycles. The summed E-state index contributed by atoms with van der Waals surface area (Å²) in [6.07, 6.45) is 2.50. The van der Waals surface area contributed by atoms with Crippen molar-refractivity contribution in [2.45, 2.75) is 38.7 Å². The van der Waals surface area contributed by atoms with Crippen molar-refractivity contribution >= 4 is 22.6 Å². The number of likely N-dealkylation sites (tertiary alicyclic amines) is 1. The number of nitrogens with one attached hydrogen (secondary N) is 1. The number of hydrogen-bond acceptors (Lipinski definition) is 6. The van der Waals surface area contributed by atoms with Gasteiger partial charge in [-0.2, -0.15) is 0 Å². The van der Waals surface area contributed by atoms with E-state index in [4.69, 9.17) is 4.74 Å². The zero-order valence-corrected chi connectivity index (χ0v) is 21.1. The highest BCUT2D eigenvalue weighted by atomic mass is 19.1. The summed E-state index contributed by atoms with van der Waals surface area (Å²) in [5.74, 6) is -1.45. The van der Waals surface area contributed by atoms with Gasteiger partial charge in [-0.05, 0) is 87.2 Å². The van der Waals surface area contributed by atoms with E-state index in [-0.39, 0.29) is 0 Å². The first-order chi connectivity index (χ1) is 17.7. The summed E-state index contributed by atoms with van der Waals surface area (Å²) in [7, 11) is 1.58. The number of aliphatic carboxylic acids is 1. The molecule has 1 aliphatic rings. The summed E-state index contributed by atoms with van der Waals surface area (Å²) in [4.78, 5) is 18.9. The third-order valence-electron chi connectivity index (χ3n) is 7.43. The predicted octanol–water partition coefficient (Wildman–Crippen LogP) is 4.92. The van der Waals surface area contributed by atoms with Crippen LogP contribution in [0.2, 0.25) is 0 Å². The average Bonchev–Trinajstić information content (AvgIpc) is 2.87. The summed E-state index contributed by atoms with van der Waals surface area (Å²) in [5, 5.41) is 25.1. The minimum absolute atomic E-state index is 0.316. The molecule has 0 saturated carbocycles. The van der Waals surface area contributed by atoms with E-state index in [2.05, 4.69) is 15.2 Å². The van der Waals surface area contributed by atoms with E-state index in [0.29, 0.717) is 63.3 Å². The van der Waals surface area contributed by atoms with Gasteiger partial charge in [-0.25, -0.2) is 8.78 Å². The van der Waals surface area contributed by atoms with Crippen molar-refractivity contribution in [1.82, 2.24) is 9.88 Å². The summed E-state index contributed by atoms with van der Waals surface area (Å²) < 4.78 is 32.1. The number of ether oxygens (including phenoxy) is 1. The van der Waals surface area contributed by atoms with Crippen LogP contribution in [0.1, 0.15) is 42.9 Å². The third kappa shape index (κ3) is 6.17. The number of nitrogens with zero attached hydrogens (tertiary/aromatic N) is 2. The van der Waals surface area contributed by atoms with Gasteiger partial charge in [0.1, 0.15) is 17.4 Å². The first-order valence-electron chi connectivity index (χ1n) is 12.5. The molecule has 0 amide bonds. The predicted molar refractivity (Wildman–Crippen MR) is 138 cm³/mol. The Bertz CT molecular complexity index is 1240. The molecule has 3 N–H and O–H groups in total. The summed E-state index contributed by atoms with van der Waals surface area (Å²) in [5.41, 5.74) is 1.81. The lowest BCUT2D eigenvalue weighted by molar-refractivity contribution is -0.153. The molecule has 4 rings (SSSR count). The first kappa shape index (κ1) is 26.8. The number of benzene rings is 2. The summed E-state index contributed by atoms with van der Waals surface area (Å²) in [6.45, 7) is 4.19. The minimum Gasteiger partial charge on any atom is -0.497 e. The molecule has 1 unspecified atom stereocenters. The third-order valence-corrected chi connectivity index (χ3v) is 7.43. The fourth-order valence-electron chi connectivity index (χ4n) is 5.21. The highest BCUT2D eigenvalue weighted by Crippen LogP contribution is 2.40. The molecular weight excluding hydrogens is 480 g/mol. The van der Waals surface area contributed by atoms with Crippen LogP contribution in [0.15, 0.2) is 42.6 Å². The zero-order valence-electron chi connectivity index (χ0n) is 21.1. The number of halogens is 2. The Balaban J connectivity index is 1.37. The molecule has 0 aliphatic carbocycles. The Morgan fingerprint density at radius 3 is 2.54 bits per heavy atom. The lowest BCUT2D eigenvalue weighted by Crippen LogP contribution is -2.45. The average molecular weight is 514 g/mol. The largest absolute Gasteiger partial charge is 0.497 e. The standard InChI is InChI=1S/C28H33F2N3O4/c1-18-17-32-24-4-3-22(37-2)16-23(24)26(18)25(34)5-6-28(27(35)36)7-10-33(11-8-28)12-9-31-21-14-19(29)13-20(30)15-21/h3-4,13-17,25,31,34H,5-12H2,1-2H3,(H,35,36). The van der Waals surface area contributed by atoms with Gasteiger partial charge in [-0.3, -0.25) is 9.78 Å². The topological polar surface area (TPSA) is 94.9 Å². The van der Waals surface area contributed by atoms with Gasteiger partial charge in [0.2, 0.25) is 0 Å². The van der Waals surface area contributed by atoms with E-state index in [1.54, 1.807) is 13.3 Å². The molecule has 1 aliphatic heterocycles. The number of aryl methyl sites for hydroxylation is 1. The van der Waals surface area contributed by atoms with Gasteiger partial charge in [0.25, 0.3) is 0 Å². The molecule has 1 fully saturated rings. The Labute approximate surface area is 215 Å². The fourth-order valence-corrected chi connectivity index (χ4v) is 5.21. The van der Waals surface area contributed by atoms with Crippen LogP contribution in [-0.4, -0.2) is 59.4 Å². The zero-order chi connectivity index (χ0) is 26.6. The molecular formula is C28H33F2N3O4. The fraction of sp³-hybridized carbons (Fsp3) is 0.429. The summed E-state index contributed by atoms with van der Waals surface area (Å²) >= 11 is 0. The van der Waals surface area contributed by atoms with Crippen LogP contribution < -0.4 is 10.1 Å². The smallest absolute Gasteiger partial charge is 0.309 e. The van der Waals surface area contributed by atoms with Crippen LogP contribution in [-0.2, 0) is 4.79 Å². The number of piperidine rings is 1. The van der Waals surface area contributed by atoms with E-state index in [0.717, 1.165) is 28.1 Å². The van der Waals surface area contributed by atoms with E-state index < -0.39 is 29.1 Å². The molecule has 2 aromatic carbocycles. The van der Waals surface area contributed by atoms with Crippen LogP contribution >= 0.6 is 0 Å². The van der Waals surface area contributed by atoms with Gasteiger partial charge in [0.05, 0.1) is 24.1 Å². The molecule has 2 heterocycles. The molecule has 9 heteroatoms. The second-order valence-electron chi connectivity index (χ2n) is 9.80. The highest BCUT2D eigenvalue weighted by Gasteiger charge is 2.41. The monoisotopic (exact) mass is 513 g/mol. The van der Waals surface area contributed by atoms with Crippen molar-refractivity contribution in [1.29, 1.82) is 0 Å². The van der Waals surface area contributed by atoms with Crippen LogP contribution in [0.5, 0.6) is 5.75 Å². The van der Waals surface area contributed by atoms with Gasteiger partial charge < -0.3 is 25.2 Å². The van der Waals surface area contributed by atoms with Crippen molar-refractivity contribution in [2.75, 3.05) is 38.6 Å². The molecule has 7 nitrogen and oxygen atoms in total. The number of fused-ring (bicyclic) bond motifs is 1. The summed E-state index contributed by atoms with van der Waals surface area (Å²) in [6, 6.07) is 8.82. The van der Waals surface area contributed by atoms with Crippen molar-refractivity contribution in [3.05, 3.63) is 65.4 Å². The Morgan fingerprint density at radius 1 is 1.19 bits per heavy atom. The van der Waals surface area contributed by atoms with Crippen molar-refractivity contribution in [3.8, 4) is 5.75 Å². The van der Waals surface area contributed by atoms with Crippen LogP contribution in [0, 0.1) is 24.0 Å². The number of carboxylic acid groups (broad SMARTS) is 1. The number of aliphatic hydroxyl groups is 1. The Hall–Kier alpha value is -3.30. The van der Waals surface area contributed by atoms with Gasteiger partial charge in [0.15, 0.2) is 0 Å². The SMILES string of the molecule is COc1ccc2ncc(C)c(C(O)CCC3(C(=O)O)CCN(CCNc4cc(F)cc(F)c4)CC3)c2c1. The van der Waals surface area contributed by atoms with E-state index >= 15 is 0 Å². The number of pyridine rings is 1. The number of carbonyl (C=O) groups is 1. The van der Waals surface area contributed by atoms with Crippen molar-refractivity contribution in [2.24, 2.45) is 5.41 Å². The first-order valence-corrected chi connectivity index (χ1v) is 12.5. The van der Waals surface area contributed by atoms with Gasteiger partial charge in [-0.1, -0.05) is 0 Å². The number of aliphatic hydroxyl groups excluding tert-OH is 1. The van der Waals surface area contributed by atoms with Gasteiger partial charge in [0, 0.05) is 36.4 Å². The molecule has 198 valence electrons. The molecule has 0 spiro atoms. The second kappa shape index (κ2) is 11.4.